The summed E-state index contributed by atoms with van der Waals surface area (Å²) >= 11 is 2.53. The van der Waals surface area contributed by atoms with E-state index in [2.05, 4.69) is 4.98 Å². The molecule has 0 bridgehead atoms. The number of hydrogen-bond donors (Lipinski definition) is 1. The van der Waals surface area contributed by atoms with Crippen molar-refractivity contribution in [3.8, 4) is 11.3 Å². The molecule has 2 heterocycles. The summed E-state index contributed by atoms with van der Waals surface area (Å²) in [6, 6.07) is 27.9. The van der Waals surface area contributed by atoms with Crippen molar-refractivity contribution >= 4 is 50.6 Å². The van der Waals surface area contributed by atoms with Crippen molar-refractivity contribution in [1.29, 1.82) is 0 Å². The molecule has 2 N–H and O–H groups in total. The highest BCUT2D eigenvalue weighted by Crippen LogP contribution is 2.40. The van der Waals surface area contributed by atoms with Gasteiger partial charge in [-0.15, -0.1) is 11.3 Å². The summed E-state index contributed by atoms with van der Waals surface area (Å²) < 4.78 is 0. The van der Waals surface area contributed by atoms with Crippen molar-refractivity contribution in [2.24, 2.45) is 0 Å². The second-order valence-electron chi connectivity index (χ2n) is 7.52. The number of ketones is 2. The Labute approximate surface area is 204 Å². The van der Waals surface area contributed by atoms with E-state index < -0.39 is 0 Å². The first kappa shape index (κ1) is 22.0. The van der Waals surface area contributed by atoms with E-state index in [1.807, 2.05) is 66.7 Å². The van der Waals surface area contributed by atoms with Gasteiger partial charge in [0.15, 0.2) is 10.9 Å². The van der Waals surface area contributed by atoms with E-state index >= 15 is 0 Å². The van der Waals surface area contributed by atoms with Gasteiger partial charge in [0.05, 0.1) is 22.5 Å². The minimum absolute atomic E-state index is 0.00111. The summed E-state index contributed by atoms with van der Waals surface area (Å²) in [7, 11) is 0. The van der Waals surface area contributed by atoms with Crippen molar-refractivity contribution in [3.63, 3.8) is 0 Å². The highest BCUT2D eigenvalue weighted by molar-refractivity contribution is 7.99. The van der Waals surface area contributed by atoms with Gasteiger partial charge in [-0.1, -0.05) is 103 Å². The molecule has 166 valence electrons. The molecule has 5 rings (SSSR count). The maximum atomic E-state index is 13.2. The molecule has 2 aromatic heterocycles. The molecule has 0 saturated carbocycles. The molecular weight excluding hydrogens is 462 g/mol. The van der Waals surface area contributed by atoms with Gasteiger partial charge < -0.3 is 5.73 Å². The third-order valence-electron chi connectivity index (χ3n) is 5.29. The standard InChI is InChI=1S/C27H19N3O2S2/c28-22-21-23(18-12-6-2-7-13-18)29-27(33-16-20(31)17-10-4-1-5-11-17)30-26(21)34-25(22)24(32)19-14-8-3-9-15-19/h1-15H,16,28H2. The molecular formula is C27H19N3O2S2. The SMILES string of the molecule is Nc1c(C(=O)c2ccccc2)sc2nc(SCC(=O)c3ccccc3)nc(-c3ccccc3)c12. The average Bonchev–Trinajstić information content (AvgIpc) is 3.24. The maximum Gasteiger partial charge on any atom is 0.205 e. The van der Waals surface area contributed by atoms with E-state index in [-0.39, 0.29) is 17.3 Å². The fraction of sp³-hybridized carbons (Fsp3) is 0.0370. The van der Waals surface area contributed by atoms with Crippen LogP contribution in [0.5, 0.6) is 0 Å². The van der Waals surface area contributed by atoms with E-state index in [9.17, 15) is 9.59 Å². The number of nitrogens with zero attached hydrogens (tertiary/aromatic N) is 2. The molecule has 0 radical (unpaired) electrons. The molecule has 0 spiro atoms. The Bertz CT molecular complexity index is 1480. The lowest BCUT2D eigenvalue weighted by atomic mass is 10.1. The number of anilines is 1. The van der Waals surface area contributed by atoms with Gasteiger partial charge in [-0.3, -0.25) is 9.59 Å². The predicted octanol–water partition coefficient (Wildman–Crippen LogP) is 6.15. The molecule has 3 aromatic carbocycles. The number of nitrogen functional groups attached to an aromatic ring is 1. The van der Waals surface area contributed by atoms with Crippen LogP contribution in [0.2, 0.25) is 0 Å². The number of thiophene rings is 1. The smallest absolute Gasteiger partial charge is 0.205 e. The van der Waals surface area contributed by atoms with Crippen molar-refractivity contribution in [3.05, 3.63) is 107 Å². The zero-order valence-electron chi connectivity index (χ0n) is 18.0. The Hall–Kier alpha value is -3.81. The molecule has 0 aliphatic rings. The minimum atomic E-state index is -0.145. The summed E-state index contributed by atoms with van der Waals surface area (Å²) in [4.78, 5) is 36.3. The molecule has 7 heteroatoms. The maximum absolute atomic E-state index is 13.2. The van der Waals surface area contributed by atoms with Gasteiger partial charge in [-0.05, 0) is 0 Å². The summed E-state index contributed by atoms with van der Waals surface area (Å²) in [5.41, 5.74) is 9.63. The van der Waals surface area contributed by atoms with Gasteiger partial charge in [-0.25, -0.2) is 9.97 Å². The van der Waals surface area contributed by atoms with Crippen LogP contribution in [0, 0.1) is 0 Å². The Morgan fingerprint density at radius 3 is 2.03 bits per heavy atom. The highest BCUT2D eigenvalue weighted by atomic mass is 32.2. The lowest BCUT2D eigenvalue weighted by Crippen LogP contribution is -2.03. The first-order valence-corrected chi connectivity index (χ1v) is 12.4. The van der Waals surface area contributed by atoms with Crippen LogP contribution in [-0.4, -0.2) is 27.3 Å². The number of hydrogen-bond acceptors (Lipinski definition) is 7. The normalized spacial score (nSPS) is 10.9. The first-order valence-electron chi connectivity index (χ1n) is 10.6. The van der Waals surface area contributed by atoms with Gasteiger partial charge in [-0.2, -0.15) is 0 Å². The number of rotatable bonds is 7. The van der Waals surface area contributed by atoms with Crippen LogP contribution >= 0.6 is 23.1 Å². The van der Waals surface area contributed by atoms with E-state index in [1.165, 1.54) is 23.1 Å². The van der Waals surface area contributed by atoms with Crippen molar-refractivity contribution in [2.75, 3.05) is 11.5 Å². The monoisotopic (exact) mass is 481 g/mol. The van der Waals surface area contributed by atoms with Crippen molar-refractivity contribution < 1.29 is 9.59 Å². The van der Waals surface area contributed by atoms with Crippen LogP contribution in [0.3, 0.4) is 0 Å². The van der Waals surface area contributed by atoms with Gasteiger partial charge in [0.1, 0.15) is 9.71 Å². The lowest BCUT2D eigenvalue weighted by molar-refractivity contribution is 0.101. The summed E-state index contributed by atoms with van der Waals surface area (Å²) in [6.45, 7) is 0. The molecule has 0 saturated heterocycles. The largest absolute Gasteiger partial charge is 0.397 e. The molecule has 0 unspecified atom stereocenters. The molecule has 0 fully saturated rings. The lowest BCUT2D eigenvalue weighted by Gasteiger charge is -2.07. The number of nitrogens with two attached hydrogens (primary N) is 1. The molecule has 0 amide bonds. The Morgan fingerprint density at radius 2 is 1.38 bits per heavy atom. The van der Waals surface area contributed by atoms with Crippen molar-refractivity contribution in [1.82, 2.24) is 9.97 Å². The van der Waals surface area contributed by atoms with Crippen LogP contribution < -0.4 is 5.73 Å². The Morgan fingerprint density at radius 1 is 0.794 bits per heavy atom. The minimum Gasteiger partial charge on any atom is -0.397 e. The van der Waals surface area contributed by atoms with Gasteiger partial charge in [0.25, 0.3) is 0 Å². The summed E-state index contributed by atoms with van der Waals surface area (Å²) in [5.74, 6) is 0.0650. The predicted molar refractivity (Wildman–Crippen MR) is 139 cm³/mol. The number of fused-ring (bicyclic) bond motifs is 1. The third kappa shape index (κ3) is 4.35. The molecule has 0 atom stereocenters. The fourth-order valence-electron chi connectivity index (χ4n) is 3.60. The number of Topliss-reactive ketones (excluding diaryl/α,β-unsaturated/α-hetero) is 1. The number of carbonyl (C=O) groups is 2. The zero-order valence-corrected chi connectivity index (χ0v) is 19.6. The first-order chi connectivity index (χ1) is 16.6. The Kier molecular flexibility index (Phi) is 6.20. The molecule has 0 aliphatic heterocycles. The molecule has 5 aromatic rings. The number of aromatic nitrogens is 2. The van der Waals surface area contributed by atoms with E-state index in [4.69, 9.17) is 10.7 Å². The average molecular weight is 482 g/mol. The molecule has 34 heavy (non-hydrogen) atoms. The Balaban J connectivity index is 1.57. The molecule has 5 nitrogen and oxygen atoms in total. The quantitative estimate of drug-likeness (QED) is 0.171. The number of carbonyl (C=O) groups excluding carboxylic acids is 2. The van der Waals surface area contributed by atoms with E-state index in [1.54, 1.807) is 24.3 Å². The second kappa shape index (κ2) is 9.59. The fourth-order valence-corrected chi connectivity index (χ4v) is 5.45. The van der Waals surface area contributed by atoms with E-state index in [0.717, 1.165) is 5.56 Å². The number of benzene rings is 3. The van der Waals surface area contributed by atoms with Gasteiger partial charge in [0, 0.05) is 16.7 Å². The van der Waals surface area contributed by atoms with Gasteiger partial charge in [0.2, 0.25) is 5.78 Å². The van der Waals surface area contributed by atoms with Crippen LogP contribution in [0.4, 0.5) is 5.69 Å². The topological polar surface area (TPSA) is 85.9 Å². The van der Waals surface area contributed by atoms with Crippen LogP contribution in [0.25, 0.3) is 21.5 Å². The second-order valence-corrected chi connectivity index (χ2v) is 9.46. The summed E-state index contributed by atoms with van der Waals surface area (Å²) in [6.07, 6.45) is 0. The van der Waals surface area contributed by atoms with Gasteiger partial charge >= 0.3 is 0 Å². The summed E-state index contributed by atoms with van der Waals surface area (Å²) in [5, 5.41) is 1.13. The van der Waals surface area contributed by atoms with Crippen molar-refractivity contribution in [2.45, 2.75) is 5.16 Å². The third-order valence-corrected chi connectivity index (χ3v) is 7.23. The molecule has 0 aliphatic carbocycles. The number of thioether (sulfide) groups is 1. The zero-order chi connectivity index (χ0) is 23.5. The van der Waals surface area contributed by atoms with E-state index in [0.29, 0.717) is 42.8 Å². The highest BCUT2D eigenvalue weighted by Gasteiger charge is 2.23. The van der Waals surface area contributed by atoms with Crippen LogP contribution in [0.1, 0.15) is 25.6 Å². The van der Waals surface area contributed by atoms with Crippen LogP contribution in [0.15, 0.2) is 96.2 Å². The van der Waals surface area contributed by atoms with Crippen LogP contribution in [-0.2, 0) is 0 Å².